The third-order valence-electron chi connectivity index (χ3n) is 4.26. The van der Waals surface area contributed by atoms with E-state index >= 15 is 0 Å². The lowest BCUT2D eigenvalue weighted by Crippen LogP contribution is -2.47. The van der Waals surface area contributed by atoms with E-state index in [1.54, 1.807) is 13.0 Å². The Morgan fingerprint density at radius 3 is 2.65 bits per heavy atom. The van der Waals surface area contributed by atoms with Crippen molar-refractivity contribution in [2.75, 3.05) is 11.5 Å². The number of hydrogen-bond donors (Lipinski definition) is 1. The van der Waals surface area contributed by atoms with Gasteiger partial charge in [-0.25, -0.2) is 8.42 Å². The van der Waals surface area contributed by atoms with Gasteiger partial charge in [0.05, 0.1) is 28.1 Å². The predicted molar refractivity (Wildman–Crippen MR) is 90.4 cm³/mol. The summed E-state index contributed by atoms with van der Waals surface area (Å²) in [5.41, 5.74) is 2.41. The molecule has 1 saturated heterocycles. The van der Waals surface area contributed by atoms with E-state index in [1.807, 2.05) is 32.0 Å². The molecule has 0 spiro atoms. The van der Waals surface area contributed by atoms with Crippen LogP contribution < -0.4 is 5.32 Å². The summed E-state index contributed by atoms with van der Waals surface area (Å²) < 4.78 is 23.4. The summed E-state index contributed by atoms with van der Waals surface area (Å²) in [5, 5.41) is 3.71. The van der Waals surface area contributed by atoms with E-state index in [0.29, 0.717) is 12.0 Å². The van der Waals surface area contributed by atoms with Crippen LogP contribution in [0.1, 0.15) is 35.0 Å². The van der Waals surface area contributed by atoms with Gasteiger partial charge in [0.2, 0.25) is 0 Å². The molecule has 1 N–H and O–H groups in total. The number of nitrogens with zero attached hydrogens (tertiary/aromatic N) is 1. The van der Waals surface area contributed by atoms with E-state index in [2.05, 4.69) is 10.3 Å². The molecule has 122 valence electrons. The molecule has 1 aliphatic heterocycles. The number of fused-ring (bicyclic) bond motifs is 1. The third-order valence-corrected chi connectivity index (χ3v) is 6.16. The summed E-state index contributed by atoms with van der Waals surface area (Å²) in [5.74, 6) is -0.128. The lowest BCUT2D eigenvalue weighted by atomic mass is 9.99. The molecule has 1 unspecified atom stereocenters. The van der Waals surface area contributed by atoms with Crippen LogP contribution in [0.3, 0.4) is 0 Å². The summed E-state index contributed by atoms with van der Waals surface area (Å²) >= 11 is 0. The van der Waals surface area contributed by atoms with Gasteiger partial charge in [0, 0.05) is 11.1 Å². The zero-order chi connectivity index (χ0) is 16.8. The molecule has 2 heterocycles. The normalized spacial score (nSPS) is 23.1. The van der Waals surface area contributed by atoms with Gasteiger partial charge in [-0.3, -0.25) is 9.78 Å². The Kier molecular flexibility index (Phi) is 3.67. The van der Waals surface area contributed by atoms with Gasteiger partial charge in [-0.15, -0.1) is 0 Å². The number of rotatable bonds is 2. The van der Waals surface area contributed by atoms with Crippen molar-refractivity contribution in [1.29, 1.82) is 0 Å². The number of aromatic nitrogens is 1. The molecule has 0 bridgehead atoms. The molecule has 5 nitrogen and oxygen atoms in total. The van der Waals surface area contributed by atoms with Crippen molar-refractivity contribution in [1.82, 2.24) is 10.3 Å². The quantitative estimate of drug-likeness (QED) is 0.914. The Balaban J connectivity index is 2.00. The average Bonchev–Trinajstić information content (AvgIpc) is 2.72. The standard InChI is InChI=1S/C17H20N2O3S/c1-11-4-5-15-13(8-11)14(9-12(2)18-15)16(20)19-17(3)6-7-23(21,22)10-17/h4-5,8-9H,6-7,10H2,1-3H3,(H,19,20). The first-order valence-electron chi connectivity index (χ1n) is 7.58. The summed E-state index contributed by atoms with van der Waals surface area (Å²) in [6, 6.07) is 7.55. The first kappa shape index (κ1) is 15.9. The summed E-state index contributed by atoms with van der Waals surface area (Å²) in [7, 11) is -3.07. The zero-order valence-electron chi connectivity index (χ0n) is 13.5. The van der Waals surface area contributed by atoms with Gasteiger partial charge in [0.25, 0.3) is 5.91 Å². The van der Waals surface area contributed by atoms with E-state index in [9.17, 15) is 13.2 Å². The molecular formula is C17H20N2O3S. The minimum absolute atomic E-state index is 0.00718. The van der Waals surface area contributed by atoms with Gasteiger partial charge in [-0.1, -0.05) is 11.6 Å². The predicted octanol–water partition coefficient (Wildman–Crippen LogP) is 2.16. The van der Waals surface area contributed by atoms with E-state index < -0.39 is 15.4 Å². The van der Waals surface area contributed by atoms with Gasteiger partial charge in [-0.2, -0.15) is 0 Å². The van der Waals surface area contributed by atoms with Crippen molar-refractivity contribution in [3.8, 4) is 0 Å². The maximum atomic E-state index is 12.8. The van der Waals surface area contributed by atoms with Crippen LogP contribution in [0.15, 0.2) is 24.3 Å². The van der Waals surface area contributed by atoms with Crippen LogP contribution >= 0.6 is 0 Å². The molecule has 0 radical (unpaired) electrons. The highest BCUT2D eigenvalue weighted by molar-refractivity contribution is 7.91. The SMILES string of the molecule is Cc1ccc2nc(C)cc(C(=O)NC3(C)CCS(=O)(=O)C3)c2c1. The molecule has 1 aromatic carbocycles. The number of benzene rings is 1. The van der Waals surface area contributed by atoms with Crippen LogP contribution in [0.4, 0.5) is 0 Å². The van der Waals surface area contributed by atoms with E-state index in [-0.39, 0.29) is 17.4 Å². The number of sulfone groups is 1. The van der Waals surface area contributed by atoms with Gasteiger partial charge < -0.3 is 5.32 Å². The number of carbonyl (C=O) groups is 1. The van der Waals surface area contributed by atoms with E-state index in [1.165, 1.54) is 0 Å². The van der Waals surface area contributed by atoms with Crippen LogP contribution in [0, 0.1) is 13.8 Å². The first-order valence-corrected chi connectivity index (χ1v) is 9.41. The van der Waals surface area contributed by atoms with Gasteiger partial charge >= 0.3 is 0 Å². The van der Waals surface area contributed by atoms with Crippen molar-refractivity contribution in [2.24, 2.45) is 0 Å². The average molecular weight is 332 g/mol. The Hall–Kier alpha value is -1.95. The fourth-order valence-electron chi connectivity index (χ4n) is 3.11. The second-order valence-corrected chi connectivity index (χ2v) is 8.87. The molecule has 0 aliphatic carbocycles. The van der Waals surface area contributed by atoms with Crippen molar-refractivity contribution in [2.45, 2.75) is 32.7 Å². The minimum Gasteiger partial charge on any atom is -0.346 e. The second kappa shape index (κ2) is 5.30. The lowest BCUT2D eigenvalue weighted by molar-refractivity contribution is 0.0917. The highest BCUT2D eigenvalue weighted by Crippen LogP contribution is 2.25. The maximum absolute atomic E-state index is 12.8. The Morgan fingerprint density at radius 1 is 1.26 bits per heavy atom. The number of aryl methyl sites for hydroxylation is 2. The van der Waals surface area contributed by atoms with Crippen LogP contribution in [-0.2, 0) is 9.84 Å². The topological polar surface area (TPSA) is 76.1 Å². The first-order chi connectivity index (χ1) is 10.7. The third kappa shape index (κ3) is 3.22. The van der Waals surface area contributed by atoms with E-state index in [0.717, 1.165) is 22.2 Å². The molecule has 1 fully saturated rings. The molecule has 3 rings (SSSR count). The van der Waals surface area contributed by atoms with Gasteiger partial charge in [0.15, 0.2) is 9.84 Å². The smallest absolute Gasteiger partial charge is 0.252 e. The van der Waals surface area contributed by atoms with E-state index in [4.69, 9.17) is 0 Å². The second-order valence-electron chi connectivity index (χ2n) is 6.69. The van der Waals surface area contributed by atoms with Crippen molar-refractivity contribution in [3.63, 3.8) is 0 Å². The van der Waals surface area contributed by atoms with Crippen molar-refractivity contribution in [3.05, 3.63) is 41.1 Å². The van der Waals surface area contributed by atoms with Gasteiger partial charge in [0.1, 0.15) is 0 Å². The number of carbonyl (C=O) groups excluding carboxylic acids is 1. The molecule has 23 heavy (non-hydrogen) atoms. The molecule has 0 saturated carbocycles. The highest BCUT2D eigenvalue weighted by Gasteiger charge is 2.39. The lowest BCUT2D eigenvalue weighted by Gasteiger charge is -2.24. The Bertz CT molecular complexity index is 905. The fraction of sp³-hybridized carbons (Fsp3) is 0.412. The van der Waals surface area contributed by atoms with Crippen LogP contribution in [0.2, 0.25) is 0 Å². The van der Waals surface area contributed by atoms with Crippen LogP contribution in [-0.4, -0.2) is 36.4 Å². The molecule has 1 amide bonds. The number of pyridine rings is 1. The zero-order valence-corrected chi connectivity index (χ0v) is 14.3. The largest absolute Gasteiger partial charge is 0.346 e. The highest BCUT2D eigenvalue weighted by atomic mass is 32.2. The number of amides is 1. The minimum atomic E-state index is -3.07. The van der Waals surface area contributed by atoms with Gasteiger partial charge in [-0.05, 0) is 45.4 Å². The molecule has 2 aromatic rings. The fourth-order valence-corrected chi connectivity index (χ4v) is 5.20. The number of nitrogens with one attached hydrogen (secondary N) is 1. The summed E-state index contributed by atoms with van der Waals surface area (Å²) in [6.45, 7) is 5.60. The monoisotopic (exact) mass is 332 g/mol. The van der Waals surface area contributed by atoms with Crippen LogP contribution in [0.25, 0.3) is 10.9 Å². The molecule has 1 atom stereocenters. The van der Waals surface area contributed by atoms with Crippen molar-refractivity contribution < 1.29 is 13.2 Å². The molecule has 6 heteroatoms. The molecule has 1 aromatic heterocycles. The summed E-state index contributed by atoms with van der Waals surface area (Å²) in [4.78, 5) is 17.2. The molecular weight excluding hydrogens is 312 g/mol. The summed E-state index contributed by atoms with van der Waals surface area (Å²) in [6.07, 6.45) is 0.447. The van der Waals surface area contributed by atoms with Crippen LogP contribution in [0.5, 0.6) is 0 Å². The Labute approximate surface area is 136 Å². The molecule has 1 aliphatic rings. The van der Waals surface area contributed by atoms with Crippen molar-refractivity contribution >= 4 is 26.6 Å². The Morgan fingerprint density at radius 2 is 2.00 bits per heavy atom. The number of hydrogen-bond acceptors (Lipinski definition) is 4. The maximum Gasteiger partial charge on any atom is 0.252 e.